The van der Waals surface area contributed by atoms with Crippen LogP contribution in [0.15, 0.2) is 0 Å². The van der Waals surface area contributed by atoms with Crippen molar-refractivity contribution in [3.05, 3.63) is 0 Å². The summed E-state index contributed by atoms with van der Waals surface area (Å²) in [4.78, 5) is 10.8. The smallest absolute Gasteiger partial charge is 0.217 e. The van der Waals surface area contributed by atoms with Crippen molar-refractivity contribution in [2.75, 3.05) is 0 Å². The van der Waals surface area contributed by atoms with E-state index in [1.165, 1.54) is 6.42 Å². The van der Waals surface area contributed by atoms with E-state index >= 15 is 0 Å². The molecular weight excluding hydrogens is 164 g/mol. The molecule has 1 amide bonds. The molecule has 0 spiro atoms. The van der Waals surface area contributed by atoms with Crippen LogP contribution in [-0.2, 0) is 4.79 Å². The van der Waals surface area contributed by atoms with Crippen molar-refractivity contribution in [1.82, 2.24) is 10.6 Å². The molecule has 0 unspecified atom stereocenters. The predicted octanol–water partition coefficient (Wildman–Crippen LogP) is 1.04. The fraction of sp³-hybridized carbons (Fsp3) is 0.900. The van der Waals surface area contributed by atoms with Gasteiger partial charge in [0.2, 0.25) is 5.91 Å². The van der Waals surface area contributed by atoms with Crippen LogP contribution < -0.4 is 10.6 Å². The molecule has 1 rings (SSSR count). The van der Waals surface area contributed by atoms with Crippen LogP contribution in [0, 0.1) is 0 Å². The molecule has 1 aliphatic carbocycles. The van der Waals surface area contributed by atoms with Crippen LogP contribution in [0.4, 0.5) is 0 Å². The fourth-order valence-corrected chi connectivity index (χ4v) is 2.02. The highest BCUT2D eigenvalue weighted by molar-refractivity contribution is 5.73. The lowest BCUT2D eigenvalue weighted by Crippen LogP contribution is -2.36. The monoisotopic (exact) mass is 184 g/mol. The standard InChI is InChI=1S/C10H20N2O/c1-7(2)11-9-4-5-10(6-9)12-8(3)13/h7,9-11H,4-6H2,1-3H3,(H,12,13)/t9-,10-/m0/s1. The summed E-state index contributed by atoms with van der Waals surface area (Å²) in [6, 6.07) is 1.53. The summed E-state index contributed by atoms with van der Waals surface area (Å²) in [7, 11) is 0. The molecule has 0 bridgehead atoms. The third-order valence-electron chi connectivity index (χ3n) is 2.41. The maximum atomic E-state index is 10.8. The van der Waals surface area contributed by atoms with E-state index in [4.69, 9.17) is 0 Å². The number of hydrogen-bond donors (Lipinski definition) is 2. The van der Waals surface area contributed by atoms with E-state index in [2.05, 4.69) is 24.5 Å². The lowest BCUT2D eigenvalue weighted by atomic mass is 10.2. The van der Waals surface area contributed by atoms with E-state index in [0.717, 1.165) is 12.8 Å². The number of rotatable bonds is 3. The Kier molecular flexibility index (Phi) is 3.72. The molecule has 0 aromatic rings. The summed E-state index contributed by atoms with van der Waals surface area (Å²) in [5, 5.41) is 6.46. The number of carbonyl (C=O) groups is 1. The van der Waals surface area contributed by atoms with Crippen LogP contribution in [0.2, 0.25) is 0 Å². The quantitative estimate of drug-likeness (QED) is 0.688. The van der Waals surface area contributed by atoms with Crippen molar-refractivity contribution in [1.29, 1.82) is 0 Å². The van der Waals surface area contributed by atoms with Crippen molar-refractivity contribution in [2.45, 2.75) is 58.2 Å². The Labute approximate surface area is 80.3 Å². The van der Waals surface area contributed by atoms with Crippen LogP contribution in [0.3, 0.4) is 0 Å². The maximum absolute atomic E-state index is 10.8. The lowest BCUT2D eigenvalue weighted by Gasteiger charge is -2.16. The minimum atomic E-state index is 0.0928. The van der Waals surface area contributed by atoms with Gasteiger partial charge in [-0.3, -0.25) is 4.79 Å². The molecule has 1 saturated carbocycles. The molecule has 0 saturated heterocycles. The number of nitrogens with one attached hydrogen (secondary N) is 2. The first-order chi connectivity index (χ1) is 6.08. The number of amides is 1. The summed E-state index contributed by atoms with van der Waals surface area (Å²) in [5.41, 5.74) is 0. The van der Waals surface area contributed by atoms with Crippen LogP contribution in [0.25, 0.3) is 0 Å². The van der Waals surface area contributed by atoms with Crippen molar-refractivity contribution in [3.8, 4) is 0 Å². The van der Waals surface area contributed by atoms with E-state index in [1.54, 1.807) is 6.92 Å². The van der Waals surface area contributed by atoms with Crippen LogP contribution in [-0.4, -0.2) is 24.0 Å². The van der Waals surface area contributed by atoms with Gasteiger partial charge in [0, 0.05) is 25.0 Å². The highest BCUT2D eigenvalue weighted by Gasteiger charge is 2.24. The first-order valence-corrected chi connectivity index (χ1v) is 5.11. The average Bonchev–Trinajstić information content (AvgIpc) is 2.33. The summed E-state index contributed by atoms with van der Waals surface area (Å²) >= 11 is 0. The Bertz CT molecular complexity index is 180. The van der Waals surface area contributed by atoms with Gasteiger partial charge < -0.3 is 10.6 Å². The van der Waals surface area contributed by atoms with Gasteiger partial charge in [-0.1, -0.05) is 13.8 Å². The minimum Gasteiger partial charge on any atom is -0.354 e. The zero-order valence-electron chi connectivity index (χ0n) is 8.76. The molecule has 0 aromatic heterocycles. The second kappa shape index (κ2) is 4.61. The zero-order chi connectivity index (χ0) is 9.84. The molecule has 0 aromatic carbocycles. The second-order valence-electron chi connectivity index (χ2n) is 4.23. The van der Waals surface area contributed by atoms with Crippen molar-refractivity contribution < 1.29 is 4.79 Å². The van der Waals surface area contributed by atoms with Crippen LogP contribution >= 0.6 is 0 Å². The van der Waals surface area contributed by atoms with Crippen molar-refractivity contribution in [2.24, 2.45) is 0 Å². The molecule has 13 heavy (non-hydrogen) atoms. The molecule has 1 aliphatic rings. The molecule has 0 heterocycles. The maximum Gasteiger partial charge on any atom is 0.217 e. The third-order valence-corrected chi connectivity index (χ3v) is 2.41. The highest BCUT2D eigenvalue weighted by atomic mass is 16.1. The summed E-state index contributed by atoms with van der Waals surface area (Å²) in [6.07, 6.45) is 3.38. The summed E-state index contributed by atoms with van der Waals surface area (Å²) in [5.74, 6) is 0.0928. The molecule has 76 valence electrons. The van der Waals surface area contributed by atoms with Gasteiger partial charge in [-0.15, -0.1) is 0 Å². The summed E-state index contributed by atoms with van der Waals surface area (Å²) < 4.78 is 0. The predicted molar refractivity (Wildman–Crippen MR) is 53.5 cm³/mol. The first kappa shape index (κ1) is 10.5. The molecule has 1 fully saturated rings. The van der Waals surface area contributed by atoms with Gasteiger partial charge in [-0.05, 0) is 19.3 Å². The third kappa shape index (κ3) is 3.77. The van der Waals surface area contributed by atoms with E-state index in [1.807, 2.05) is 0 Å². The molecule has 0 aliphatic heterocycles. The van der Waals surface area contributed by atoms with Gasteiger partial charge in [0.05, 0.1) is 0 Å². The molecule has 3 nitrogen and oxygen atoms in total. The topological polar surface area (TPSA) is 41.1 Å². The molecule has 3 heteroatoms. The van der Waals surface area contributed by atoms with Crippen LogP contribution in [0.5, 0.6) is 0 Å². The van der Waals surface area contributed by atoms with Crippen LogP contribution in [0.1, 0.15) is 40.0 Å². The molecule has 2 atom stereocenters. The summed E-state index contributed by atoms with van der Waals surface area (Å²) in [6.45, 7) is 5.90. The Morgan fingerprint density at radius 1 is 1.31 bits per heavy atom. The zero-order valence-corrected chi connectivity index (χ0v) is 8.76. The Morgan fingerprint density at radius 3 is 2.46 bits per heavy atom. The van der Waals surface area contributed by atoms with E-state index in [9.17, 15) is 4.79 Å². The van der Waals surface area contributed by atoms with Gasteiger partial charge in [-0.2, -0.15) is 0 Å². The van der Waals surface area contributed by atoms with E-state index < -0.39 is 0 Å². The van der Waals surface area contributed by atoms with Crippen molar-refractivity contribution >= 4 is 5.91 Å². The Morgan fingerprint density at radius 2 is 1.92 bits per heavy atom. The van der Waals surface area contributed by atoms with Gasteiger partial charge in [0.15, 0.2) is 0 Å². The SMILES string of the molecule is CC(=O)N[C@H]1CC[C@H](NC(C)C)C1. The molecule has 2 N–H and O–H groups in total. The fourth-order valence-electron chi connectivity index (χ4n) is 2.02. The molecule has 0 radical (unpaired) electrons. The first-order valence-electron chi connectivity index (χ1n) is 5.11. The largest absolute Gasteiger partial charge is 0.354 e. The van der Waals surface area contributed by atoms with E-state index in [0.29, 0.717) is 18.1 Å². The highest BCUT2D eigenvalue weighted by Crippen LogP contribution is 2.19. The van der Waals surface area contributed by atoms with Gasteiger partial charge in [0.1, 0.15) is 0 Å². The van der Waals surface area contributed by atoms with Crippen molar-refractivity contribution in [3.63, 3.8) is 0 Å². The lowest BCUT2D eigenvalue weighted by molar-refractivity contribution is -0.119. The average molecular weight is 184 g/mol. The van der Waals surface area contributed by atoms with Gasteiger partial charge in [0.25, 0.3) is 0 Å². The minimum absolute atomic E-state index is 0.0928. The molecular formula is C10H20N2O. The second-order valence-corrected chi connectivity index (χ2v) is 4.23. The number of hydrogen-bond acceptors (Lipinski definition) is 2. The Hall–Kier alpha value is -0.570. The van der Waals surface area contributed by atoms with Gasteiger partial charge >= 0.3 is 0 Å². The van der Waals surface area contributed by atoms with E-state index in [-0.39, 0.29) is 5.91 Å². The normalized spacial score (nSPS) is 28.0. The van der Waals surface area contributed by atoms with Gasteiger partial charge in [-0.25, -0.2) is 0 Å². The number of carbonyl (C=O) groups excluding carboxylic acids is 1. The Balaban J connectivity index is 2.24.